The number of carbonyl (C=O) groups excluding carboxylic acids is 2. The smallest absolute Gasteiger partial charge is 0.408 e. The summed E-state index contributed by atoms with van der Waals surface area (Å²) in [6.45, 7) is 10.6. The summed E-state index contributed by atoms with van der Waals surface area (Å²) >= 11 is 5.87. The lowest BCUT2D eigenvalue weighted by Gasteiger charge is -2.26. The third kappa shape index (κ3) is 8.20. The predicted octanol–water partition coefficient (Wildman–Crippen LogP) is 4.12. The molecular formula is C18H26ClNO4. The van der Waals surface area contributed by atoms with Crippen LogP contribution in [-0.2, 0) is 20.7 Å². The molecule has 1 N–H and O–H groups in total. The van der Waals surface area contributed by atoms with Crippen molar-refractivity contribution in [3.05, 3.63) is 34.9 Å². The number of hydrogen-bond acceptors (Lipinski definition) is 4. The highest BCUT2D eigenvalue weighted by atomic mass is 35.5. The molecule has 1 atom stereocenters. The topological polar surface area (TPSA) is 64.6 Å². The van der Waals surface area contributed by atoms with E-state index in [1.165, 1.54) is 0 Å². The van der Waals surface area contributed by atoms with Crippen molar-refractivity contribution >= 4 is 23.7 Å². The molecule has 0 fully saturated rings. The number of hydrogen-bond donors (Lipinski definition) is 1. The van der Waals surface area contributed by atoms with Gasteiger partial charge in [-0.05, 0) is 59.2 Å². The van der Waals surface area contributed by atoms with E-state index >= 15 is 0 Å². The molecule has 0 saturated heterocycles. The molecule has 0 aromatic heterocycles. The highest BCUT2D eigenvalue weighted by Gasteiger charge is 2.28. The molecule has 0 aliphatic carbocycles. The average molecular weight is 356 g/mol. The van der Waals surface area contributed by atoms with Crippen molar-refractivity contribution in [1.82, 2.24) is 5.32 Å². The van der Waals surface area contributed by atoms with E-state index in [0.29, 0.717) is 5.02 Å². The molecule has 0 radical (unpaired) electrons. The van der Waals surface area contributed by atoms with Crippen LogP contribution in [0.1, 0.15) is 47.1 Å². The van der Waals surface area contributed by atoms with E-state index in [1.807, 2.05) is 0 Å². The largest absolute Gasteiger partial charge is 0.458 e. The van der Waals surface area contributed by atoms with Crippen molar-refractivity contribution in [2.24, 2.45) is 0 Å². The van der Waals surface area contributed by atoms with Crippen LogP contribution in [0.25, 0.3) is 0 Å². The number of alkyl carbamates (subject to hydrolysis) is 1. The van der Waals surface area contributed by atoms with E-state index in [0.717, 1.165) is 5.56 Å². The first kappa shape index (κ1) is 20.3. The zero-order valence-corrected chi connectivity index (χ0v) is 15.9. The van der Waals surface area contributed by atoms with E-state index < -0.39 is 29.3 Å². The van der Waals surface area contributed by atoms with Crippen LogP contribution in [0.2, 0.25) is 5.02 Å². The van der Waals surface area contributed by atoms with Crippen molar-refractivity contribution in [3.8, 4) is 0 Å². The maximum Gasteiger partial charge on any atom is 0.408 e. The highest BCUT2D eigenvalue weighted by Crippen LogP contribution is 2.15. The Labute approximate surface area is 148 Å². The summed E-state index contributed by atoms with van der Waals surface area (Å²) in [4.78, 5) is 24.4. The fourth-order valence-corrected chi connectivity index (χ4v) is 2.00. The number of nitrogens with one attached hydrogen (secondary N) is 1. The van der Waals surface area contributed by atoms with E-state index in [-0.39, 0.29) is 6.42 Å². The number of esters is 1. The first-order valence-electron chi connectivity index (χ1n) is 7.82. The molecule has 0 bridgehead atoms. The first-order valence-corrected chi connectivity index (χ1v) is 8.20. The Kier molecular flexibility index (Phi) is 6.67. The monoisotopic (exact) mass is 355 g/mol. The van der Waals surface area contributed by atoms with Crippen molar-refractivity contribution < 1.29 is 19.1 Å². The Morgan fingerprint density at radius 2 is 1.50 bits per heavy atom. The van der Waals surface area contributed by atoms with Crippen LogP contribution in [0, 0.1) is 0 Å². The fourth-order valence-electron chi connectivity index (χ4n) is 1.87. The van der Waals surface area contributed by atoms with Crippen LogP contribution in [-0.4, -0.2) is 29.3 Å². The van der Waals surface area contributed by atoms with E-state index in [2.05, 4.69) is 5.32 Å². The van der Waals surface area contributed by atoms with E-state index in [1.54, 1.807) is 65.8 Å². The van der Waals surface area contributed by atoms with Gasteiger partial charge in [-0.2, -0.15) is 0 Å². The molecule has 0 heterocycles. The average Bonchev–Trinajstić information content (AvgIpc) is 2.36. The van der Waals surface area contributed by atoms with Gasteiger partial charge in [-0.3, -0.25) is 0 Å². The maximum atomic E-state index is 12.4. The number of carbonyl (C=O) groups is 2. The van der Waals surface area contributed by atoms with Crippen LogP contribution >= 0.6 is 11.6 Å². The van der Waals surface area contributed by atoms with Crippen LogP contribution < -0.4 is 5.32 Å². The van der Waals surface area contributed by atoms with E-state index in [4.69, 9.17) is 21.1 Å². The van der Waals surface area contributed by atoms with Gasteiger partial charge in [0.05, 0.1) is 0 Å². The zero-order chi connectivity index (χ0) is 18.5. The molecule has 24 heavy (non-hydrogen) atoms. The minimum absolute atomic E-state index is 0.283. The lowest BCUT2D eigenvalue weighted by molar-refractivity contribution is -0.157. The molecule has 0 saturated carbocycles. The van der Waals surface area contributed by atoms with Crippen LogP contribution in [0.3, 0.4) is 0 Å². The molecule has 0 aliphatic heterocycles. The molecule has 1 amide bonds. The summed E-state index contributed by atoms with van der Waals surface area (Å²) in [7, 11) is 0. The second-order valence-corrected chi connectivity index (χ2v) is 8.00. The van der Waals surface area contributed by atoms with E-state index in [9.17, 15) is 9.59 Å². The van der Waals surface area contributed by atoms with Crippen molar-refractivity contribution in [2.75, 3.05) is 0 Å². The molecule has 1 aromatic carbocycles. The number of benzene rings is 1. The van der Waals surface area contributed by atoms with Gasteiger partial charge in [0, 0.05) is 11.4 Å². The quantitative estimate of drug-likeness (QED) is 0.825. The summed E-state index contributed by atoms with van der Waals surface area (Å²) in [5.74, 6) is -0.511. The molecule has 1 aromatic rings. The summed E-state index contributed by atoms with van der Waals surface area (Å²) in [5, 5.41) is 3.19. The van der Waals surface area contributed by atoms with Crippen LogP contribution in [0.5, 0.6) is 0 Å². The summed E-state index contributed by atoms with van der Waals surface area (Å²) in [6, 6.07) is 6.22. The maximum absolute atomic E-state index is 12.4. The molecule has 0 spiro atoms. The van der Waals surface area contributed by atoms with Gasteiger partial charge in [0.15, 0.2) is 0 Å². The van der Waals surface area contributed by atoms with Gasteiger partial charge in [-0.15, -0.1) is 0 Å². The summed E-state index contributed by atoms with van der Waals surface area (Å²) < 4.78 is 10.6. The van der Waals surface area contributed by atoms with Crippen molar-refractivity contribution in [2.45, 2.75) is 65.2 Å². The molecular weight excluding hydrogens is 330 g/mol. The third-order valence-corrected chi connectivity index (χ3v) is 2.99. The summed E-state index contributed by atoms with van der Waals surface area (Å²) in [5.41, 5.74) is -0.445. The predicted molar refractivity (Wildman–Crippen MR) is 94.2 cm³/mol. The van der Waals surface area contributed by atoms with Gasteiger partial charge in [-0.25, -0.2) is 9.59 Å². The minimum atomic E-state index is -0.847. The fraction of sp³-hybridized carbons (Fsp3) is 0.556. The van der Waals surface area contributed by atoms with Crippen LogP contribution in [0.15, 0.2) is 24.3 Å². The number of ether oxygens (including phenoxy) is 2. The number of amides is 1. The van der Waals surface area contributed by atoms with Gasteiger partial charge in [0.25, 0.3) is 0 Å². The second-order valence-electron chi connectivity index (χ2n) is 7.56. The lowest BCUT2D eigenvalue weighted by Crippen LogP contribution is -2.47. The normalized spacial score (nSPS) is 13.1. The van der Waals surface area contributed by atoms with Gasteiger partial charge in [-0.1, -0.05) is 23.7 Å². The molecule has 5 nitrogen and oxygen atoms in total. The third-order valence-electron chi connectivity index (χ3n) is 2.74. The molecule has 1 rings (SSSR count). The zero-order valence-electron chi connectivity index (χ0n) is 15.1. The SMILES string of the molecule is CC(C)(C)OC(=O)N[C@@H](Cc1ccc(Cl)cc1)C(=O)OC(C)(C)C. The Hall–Kier alpha value is -1.75. The molecule has 134 valence electrons. The lowest BCUT2D eigenvalue weighted by atomic mass is 10.1. The van der Waals surface area contributed by atoms with Gasteiger partial charge < -0.3 is 14.8 Å². The molecule has 6 heteroatoms. The Morgan fingerprint density at radius 3 is 1.96 bits per heavy atom. The van der Waals surface area contributed by atoms with Crippen molar-refractivity contribution in [1.29, 1.82) is 0 Å². The first-order chi connectivity index (χ1) is 10.9. The number of halogens is 1. The molecule has 0 aliphatic rings. The van der Waals surface area contributed by atoms with Gasteiger partial charge in [0.1, 0.15) is 17.2 Å². The Balaban J connectivity index is 2.88. The van der Waals surface area contributed by atoms with Crippen LogP contribution in [0.4, 0.5) is 4.79 Å². The standard InChI is InChI=1S/C18H26ClNO4/c1-17(2,3)23-15(21)14(20-16(22)24-18(4,5)6)11-12-7-9-13(19)10-8-12/h7-10,14H,11H2,1-6H3,(H,20,22)/t14-/m0/s1. The summed E-state index contributed by atoms with van der Waals surface area (Å²) in [6.07, 6.45) is -0.377. The second kappa shape index (κ2) is 7.88. The minimum Gasteiger partial charge on any atom is -0.458 e. The molecule has 0 unspecified atom stereocenters. The highest BCUT2D eigenvalue weighted by molar-refractivity contribution is 6.30. The van der Waals surface area contributed by atoms with Crippen molar-refractivity contribution in [3.63, 3.8) is 0 Å². The Morgan fingerprint density at radius 1 is 1.00 bits per heavy atom. The number of rotatable bonds is 4. The Bertz CT molecular complexity index is 570. The van der Waals surface area contributed by atoms with Gasteiger partial charge >= 0.3 is 12.1 Å². The van der Waals surface area contributed by atoms with Gasteiger partial charge in [0.2, 0.25) is 0 Å².